The lowest BCUT2D eigenvalue weighted by molar-refractivity contribution is -0.146. The molecule has 1 saturated heterocycles. The lowest BCUT2D eigenvalue weighted by Gasteiger charge is -2.40. The van der Waals surface area contributed by atoms with Gasteiger partial charge in [0.2, 0.25) is 0 Å². The van der Waals surface area contributed by atoms with Crippen LogP contribution in [0.15, 0.2) is 0 Å². The van der Waals surface area contributed by atoms with Crippen LogP contribution < -0.4 is 0 Å². The maximum atomic E-state index is 10.7. The number of carbonyl (C=O) groups is 1. The molecule has 1 saturated carbocycles. The van der Waals surface area contributed by atoms with Crippen molar-refractivity contribution in [3.05, 3.63) is 0 Å². The standard InChI is InChI=1S/C12H22N2O2/c1-13-4-3-9(7-13)8-14(2)11-5-10(6-11)12(15)16/h9-11H,3-8H2,1-2H3,(H,15,16). The third kappa shape index (κ3) is 2.55. The molecule has 0 aromatic rings. The van der Waals surface area contributed by atoms with Crippen molar-refractivity contribution in [3.8, 4) is 0 Å². The van der Waals surface area contributed by atoms with E-state index in [-0.39, 0.29) is 5.92 Å². The van der Waals surface area contributed by atoms with E-state index in [2.05, 4.69) is 23.9 Å². The van der Waals surface area contributed by atoms with Gasteiger partial charge in [-0.05, 0) is 45.8 Å². The molecule has 2 fully saturated rings. The summed E-state index contributed by atoms with van der Waals surface area (Å²) in [5, 5.41) is 8.83. The van der Waals surface area contributed by atoms with E-state index in [0.717, 1.165) is 25.3 Å². The summed E-state index contributed by atoms with van der Waals surface area (Å²) in [4.78, 5) is 15.5. The van der Waals surface area contributed by atoms with Gasteiger partial charge in [0.1, 0.15) is 0 Å². The Kier molecular flexibility index (Phi) is 3.50. The zero-order valence-corrected chi connectivity index (χ0v) is 10.2. The van der Waals surface area contributed by atoms with Crippen molar-refractivity contribution in [1.29, 1.82) is 0 Å². The van der Waals surface area contributed by atoms with E-state index in [1.807, 2.05) is 0 Å². The molecule has 0 amide bonds. The van der Waals surface area contributed by atoms with E-state index in [0.29, 0.717) is 6.04 Å². The predicted molar refractivity (Wildman–Crippen MR) is 62.4 cm³/mol. The van der Waals surface area contributed by atoms with Gasteiger partial charge >= 0.3 is 5.97 Å². The van der Waals surface area contributed by atoms with Crippen LogP contribution in [0.1, 0.15) is 19.3 Å². The van der Waals surface area contributed by atoms with Crippen molar-refractivity contribution >= 4 is 5.97 Å². The summed E-state index contributed by atoms with van der Waals surface area (Å²) in [6, 6.07) is 0.506. The molecule has 2 aliphatic rings. The molecule has 4 nitrogen and oxygen atoms in total. The van der Waals surface area contributed by atoms with Crippen LogP contribution in [0.2, 0.25) is 0 Å². The zero-order valence-electron chi connectivity index (χ0n) is 10.2. The van der Waals surface area contributed by atoms with Crippen LogP contribution in [0.5, 0.6) is 0 Å². The second kappa shape index (κ2) is 4.72. The molecule has 0 radical (unpaired) electrons. The van der Waals surface area contributed by atoms with E-state index in [1.165, 1.54) is 19.5 Å². The van der Waals surface area contributed by atoms with Gasteiger partial charge in [-0.3, -0.25) is 4.79 Å². The maximum absolute atomic E-state index is 10.7. The molecule has 16 heavy (non-hydrogen) atoms. The van der Waals surface area contributed by atoms with Gasteiger partial charge in [0.25, 0.3) is 0 Å². The topological polar surface area (TPSA) is 43.8 Å². The molecular formula is C12H22N2O2. The number of hydrogen-bond donors (Lipinski definition) is 1. The van der Waals surface area contributed by atoms with Gasteiger partial charge in [-0.2, -0.15) is 0 Å². The van der Waals surface area contributed by atoms with Crippen molar-refractivity contribution in [2.75, 3.05) is 33.7 Å². The first kappa shape index (κ1) is 11.9. The fourth-order valence-corrected chi connectivity index (χ4v) is 2.88. The molecule has 0 bridgehead atoms. The molecule has 1 unspecified atom stereocenters. The monoisotopic (exact) mass is 226 g/mol. The summed E-state index contributed by atoms with van der Waals surface area (Å²) in [6.07, 6.45) is 2.97. The molecule has 1 aliphatic heterocycles. The van der Waals surface area contributed by atoms with Gasteiger partial charge in [-0.25, -0.2) is 0 Å². The van der Waals surface area contributed by atoms with Crippen molar-refractivity contribution in [1.82, 2.24) is 9.80 Å². The first-order chi connectivity index (χ1) is 7.56. The molecule has 1 N–H and O–H groups in total. The Hall–Kier alpha value is -0.610. The lowest BCUT2D eigenvalue weighted by Crippen LogP contribution is -2.46. The Morgan fingerprint density at radius 1 is 1.50 bits per heavy atom. The van der Waals surface area contributed by atoms with Gasteiger partial charge in [0, 0.05) is 19.1 Å². The van der Waals surface area contributed by atoms with E-state index in [9.17, 15) is 4.79 Å². The molecule has 0 aromatic carbocycles. The van der Waals surface area contributed by atoms with Crippen LogP contribution in [0.25, 0.3) is 0 Å². The van der Waals surface area contributed by atoms with Crippen molar-refractivity contribution in [2.45, 2.75) is 25.3 Å². The number of carboxylic acids is 1. The highest BCUT2D eigenvalue weighted by Crippen LogP contribution is 2.32. The van der Waals surface area contributed by atoms with Crippen LogP contribution in [0, 0.1) is 11.8 Å². The summed E-state index contributed by atoms with van der Waals surface area (Å²) in [7, 11) is 4.31. The lowest BCUT2D eigenvalue weighted by atomic mass is 9.79. The van der Waals surface area contributed by atoms with E-state index >= 15 is 0 Å². The second-order valence-corrected chi connectivity index (χ2v) is 5.52. The van der Waals surface area contributed by atoms with Gasteiger partial charge in [-0.1, -0.05) is 0 Å². The number of rotatable bonds is 4. The Bertz CT molecular complexity index is 264. The molecule has 1 atom stereocenters. The van der Waals surface area contributed by atoms with Crippen molar-refractivity contribution in [3.63, 3.8) is 0 Å². The van der Waals surface area contributed by atoms with E-state index in [4.69, 9.17) is 5.11 Å². The molecule has 0 spiro atoms. The minimum atomic E-state index is -0.620. The SMILES string of the molecule is CN1CCC(CN(C)C2CC(C(=O)O)C2)C1. The van der Waals surface area contributed by atoms with E-state index < -0.39 is 5.97 Å². The summed E-state index contributed by atoms with van der Waals surface area (Å²) in [5.41, 5.74) is 0. The molecule has 2 rings (SSSR count). The Morgan fingerprint density at radius 2 is 2.19 bits per heavy atom. The summed E-state index contributed by atoms with van der Waals surface area (Å²) in [5.74, 6) is 0.0721. The van der Waals surface area contributed by atoms with Crippen LogP contribution in [0.4, 0.5) is 0 Å². The van der Waals surface area contributed by atoms with Crippen molar-refractivity contribution < 1.29 is 9.90 Å². The Balaban J connectivity index is 1.69. The molecule has 0 aromatic heterocycles. The molecule has 92 valence electrons. The first-order valence-electron chi connectivity index (χ1n) is 6.18. The maximum Gasteiger partial charge on any atom is 0.306 e. The second-order valence-electron chi connectivity index (χ2n) is 5.52. The van der Waals surface area contributed by atoms with Gasteiger partial charge in [-0.15, -0.1) is 0 Å². The average molecular weight is 226 g/mol. The van der Waals surface area contributed by atoms with Crippen molar-refractivity contribution in [2.24, 2.45) is 11.8 Å². The van der Waals surface area contributed by atoms with Crippen LogP contribution >= 0.6 is 0 Å². The quantitative estimate of drug-likeness (QED) is 0.767. The van der Waals surface area contributed by atoms with Gasteiger partial charge < -0.3 is 14.9 Å². The number of nitrogens with zero attached hydrogens (tertiary/aromatic N) is 2. The van der Waals surface area contributed by atoms with Gasteiger partial charge in [0.15, 0.2) is 0 Å². The number of likely N-dealkylation sites (tertiary alicyclic amines) is 1. The minimum Gasteiger partial charge on any atom is -0.481 e. The van der Waals surface area contributed by atoms with Gasteiger partial charge in [0.05, 0.1) is 5.92 Å². The number of hydrogen-bond acceptors (Lipinski definition) is 3. The fraction of sp³-hybridized carbons (Fsp3) is 0.917. The zero-order chi connectivity index (χ0) is 11.7. The Morgan fingerprint density at radius 3 is 2.69 bits per heavy atom. The third-order valence-corrected chi connectivity index (χ3v) is 4.12. The predicted octanol–water partition coefficient (Wildman–Crippen LogP) is 0.733. The molecule has 4 heteroatoms. The minimum absolute atomic E-state index is 0.0845. The summed E-state index contributed by atoms with van der Waals surface area (Å²) in [6.45, 7) is 3.53. The molecular weight excluding hydrogens is 204 g/mol. The van der Waals surface area contributed by atoms with E-state index in [1.54, 1.807) is 0 Å². The van der Waals surface area contributed by atoms with Crippen LogP contribution in [0.3, 0.4) is 0 Å². The average Bonchev–Trinajstić information content (AvgIpc) is 2.47. The smallest absolute Gasteiger partial charge is 0.306 e. The third-order valence-electron chi connectivity index (χ3n) is 4.12. The molecule has 1 aliphatic carbocycles. The normalized spacial score (nSPS) is 35.3. The highest BCUT2D eigenvalue weighted by atomic mass is 16.4. The Labute approximate surface area is 97.2 Å². The largest absolute Gasteiger partial charge is 0.481 e. The highest BCUT2D eigenvalue weighted by Gasteiger charge is 2.37. The van der Waals surface area contributed by atoms with Crippen LogP contribution in [-0.2, 0) is 4.79 Å². The highest BCUT2D eigenvalue weighted by molar-refractivity contribution is 5.71. The first-order valence-corrected chi connectivity index (χ1v) is 6.18. The van der Waals surface area contributed by atoms with Crippen LogP contribution in [-0.4, -0.2) is 60.6 Å². The molecule has 1 heterocycles. The fourth-order valence-electron chi connectivity index (χ4n) is 2.88. The number of aliphatic carboxylic acids is 1. The summed E-state index contributed by atoms with van der Waals surface area (Å²) >= 11 is 0. The summed E-state index contributed by atoms with van der Waals surface area (Å²) < 4.78 is 0. The number of carboxylic acid groups (broad SMARTS) is 1.